The van der Waals surface area contributed by atoms with Crippen LogP contribution in [0, 0.1) is 11.6 Å². The Morgan fingerprint density at radius 1 is 1.35 bits per heavy atom. The van der Waals surface area contributed by atoms with Gasteiger partial charge in [-0.05, 0) is 30.7 Å². The van der Waals surface area contributed by atoms with Crippen LogP contribution in [0.25, 0.3) is 0 Å². The number of hydrogen-bond acceptors (Lipinski definition) is 3. The van der Waals surface area contributed by atoms with Crippen molar-refractivity contribution in [3.63, 3.8) is 0 Å². The molecule has 4 nitrogen and oxygen atoms in total. The van der Waals surface area contributed by atoms with Crippen LogP contribution in [-0.4, -0.2) is 16.1 Å². The van der Waals surface area contributed by atoms with E-state index in [0.717, 1.165) is 6.07 Å². The van der Waals surface area contributed by atoms with Gasteiger partial charge >= 0.3 is 5.97 Å². The Morgan fingerprint density at radius 2 is 2.10 bits per heavy atom. The van der Waals surface area contributed by atoms with Crippen molar-refractivity contribution in [3.8, 4) is 0 Å². The number of aromatic nitrogens is 1. The van der Waals surface area contributed by atoms with Crippen LogP contribution < -0.4 is 5.32 Å². The highest BCUT2D eigenvalue weighted by atomic mass is 19.2. The summed E-state index contributed by atoms with van der Waals surface area (Å²) in [5.41, 5.74) is 0.488. The number of pyridine rings is 1. The molecule has 1 aromatic carbocycles. The van der Waals surface area contributed by atoms with Crippen LogP contribution in [-0.2, 0) is 6.42 Å². The van der Waals surface area contributed by atoms with Crippen LogP contribution in [0.4, 0.5) is 20.3 Å². The molecule has 0 spiro atoms. The third-order valence-electron chi connectivity index (χ3n) is 2.70. The molecule has 0 aliphatic rings. The molecule has 0 radical (unpaired) electrons. The second-order valence-electron chi connectivity index (χ2n) is 4.12. The highest BCUT2D eigenvalue weighted by Crippen LogP contribution is 2.21. The first-order chi connectivity index (χ1) is 9.51. The number of benzene rings is 1. The van der Waals surface area contributed by atoms with Gasteiger partial charge < -0.3 is 10.4 Å². The molecule has 2 rings (SSSR count). The fraction of sp³-hybridized carbons (Fsp3) is 0.143. The van der Waals surface area contributed by atoms with Gasteiger partial charge in [-0.15, -0.1) is 0 Å². The second kappa shape index (κ2) is 5.64. The van der Waals surface area contributed by atoms with Crippen molar-refractivity contribution in [2.24, 2.45) is 0 Å². The molecule has 2 aromatic rings. The van der Waals surface area contributed by atoms with Crippen LogP contribution in [0.2, 0.25) is 0 Å². The number of nitrogens with one attached hydrogen (secondary N) is 1. The molecule has 0 aliphatic carbocycles. The maximum atomic E-state index is 13.5. The molecule has 0 saturated heterocycles. The van der Waals surface area contributed by atoms with Gasteiger partial charge in [0.15, 0.2) is 11.6 Å². The SMILES string of the molecule is CCc1cc(C(=O)O)cc(Nc2cccc(F)c2F)n1. The number of carboxylic acid groups (broad SMARTS) is 1. The minimum Gasteiger partial charge on any atom is -0.478 e. The number of carbonyl (C=O) groups is 1. The number of aromatic carboxylic acids is 1. The Kier molecular flexibility index (Phi) is 3.93. The summed E-state index contributed by atoms with van der Waals surface area (Å²) in [5.74, 6) is -2.97. The molecule has 0 saturated carbocycles. The predicted molar refractivity (Wildman–Crippen MR) is 70.2 cm³/mol. The first kappa shape index (κ1) is 13.9. The number of aryl methyl sites for hydroxylation is 1. The molecule has 0 bridgehead atoms. The molecule has 0 unspecified atom stereocenters. The van der Waals surface area contributed by atoms with Crippen LogP contribution in [0.3, 0.4) is 0 Å². The van der Waals surface area contributed by atoms with Gasteiger partial charge in [0.1, 0.15) is 5.82 Å². The van der Waals surface area contributed by atoms with Crippen molar-refractivity contribution in [2.75, 3.05) is 5.32 Å². The summed E-state index contributed by atoms with van der Waals surface area (Å²) in [6, 6.07) is 6.40. The molecule has 1 aromatic heterocycles. The zero-order valence-electron chi connectivity index (χ0n) is 10.7. The molecule has 20 heavy (non-hydrogen) atoms. The second-order valence-corrected chi connectivity index (χ2v) is 4.12. The van der Waals surface area contributed by atoms with Crippen molar-refractivity contribution in [1.82, 2.24) is 4.98 Å². The number of anilines is 2. The highest BCUT2D eigenvalue weighted by molar-refractivity contribution is 5.88. The van der Waals surface area contributed by atoms with Crippen molar-refractivity contribution in [2.45, 2.75) is 13.3 Å². The monoisotopic (exact) mass is 278 g/mol. The summed E-state index contributed by atoms with van der Waals surface area (Å²) in [7, 11) is 0. The van der Waals surface area contributed by atoms with Crippen LogP contribution in [0.15, 0.2) is 30.3 Å². The number of carboxylic acids is 1. The lowest BCUT2D eigenvalue weighted by Gasteiger charge is -2.09. The van der Waals surface area contributed by atoms with Gasteiger partial charge in [0, 0.05) is 5.69 Å². The number of nitrogens with zero attached hydrogens (tertiary/aromatic N) is 1. The van der Waals surface area contributed by atoms with Gasteiger partial charge in [-0.3, -0.25) is 0 Å². The fourth-order valence-corrected chi connectivity index (χ4v) is 1.69. The lowest BCUT2D eigenvalue weighted by atomic mass is 10.2. The molecule has 1 heterocycles. The third kappa shape index (κ3) is 2.90. The summed E-state index contributed by atoms with van der Waals surface area (Å²) in [6.07, 6.45) is 0.529. The summed E-state index contributed by atoms with van der Waals surface area (Å²) < 4.78 is 26.7. The smallest absolute Gasteiger partial charge is 0.335 e. The quantitative estimate of drug-likeness (QED) is 0.900. The standard InChI is InChI=1S/C14H12F2N2O2/c1-2-9-6-8(14(19)20)7-12(17-9)18-11-5-3-4-10(15)13(11)16/h3-7H,2H2,1H3,(H,17,18)(H,19,20). The van der Waals surface area contributed by atoms with Crippen molar-refractivity contribution in [1.29, 1.82) is 0 Å². The Hall–Kier alpha value is -2.50. The van der Waals surface area contributed by atoms with Gasteiger partial charge in [-0.1, -0.05) is 13.0 Å². The van der Waals surface area contributed by atoms with Crippen LogP contribution >= 0.6 is 0 Å². The first-order valence-corrected chi connectivity index (χ1v) is 5.96. The molecule has 0 amide bonds. The number of halogens is 2. The van der Waals surface area contributed by atoms with Gasteiger partial charge in [-0.2, -0.15) is 0 Å². The Labute approximate surface area is 114 Å². The van der Waals surface area contributed by atoms with Crippen molar-refractivity contribution in [3.05, 3.63) is 53.2 Å². The number of rotatable bonds is 4. The largest absolute Gasteiger partial charge is 0.478 e. The lowest BCUT2D eigenvalue weighted by molar-refractivity contribution is 0.0696. The zero-order valence-corrected chi connectivity index (χ0v) is 10.7. The van der Waals surface area contributed by atoms with E-state index in [9.17, 15) is 13.6 Å². The zero-order chi connectivity index (χ0) is 14.7. The maximum absolute atomic E-state index is 13.5. The fourth-order valence-electron chi connectivity index (χ4n) is 1.69. The lowest BCUT2D eigenvalue weighted by Crippen LogP contribution is -2.04. The minimum absolute atomic E-state index is 0.0381. The summed E-state index contributed by atoms with van der Waals surface area (Å²) in [5, 5.41) is 11.6. The van der Waals surface area contributed by atoms with E-state index in [1.165, 1.54) is 24.3 Å². The molecule has 2 N–H and O–H groups in total. The average molecular weight is 278 g/mol. The van der Waals surface area contributed by atoms with Crippen molar-refractivity contribution >= 4 is 17.5 Å². The normalized spacial score (nSPS) is 10.3. The third-order valence-corrected chi connectivity index (χ3v) is 2.70. The first-order valence-electron chi connectivity index (χ1n) is 5.96. The molecule has 104 valence electrons. The Morgan fingerprint density at radius 3 is 2.75 bits per heavy atom. The Balaban J connectivity index is 2.40. The van der Waals surface area contributed by atoms with E-state index in [1.54, 1.807) is 0 Å². The van der Waals surface area contributed by atoms with Gasteiger partial charge in [0.05, 0.1) is 11.3 Å². The van der Waals surface area contributed by atoms with Gasteiger partial charge in [0.2, 0.25) is 0 Å². The van der Waals surface area contributed by atoms with E-state index in [-0.39, 0.29) is 17.1 Å². The van der Waals surface area contributed by atoms with Crippen molar-refractivity contribution < 1.29 is 18.7 Å². The van der Waals surface area contributed by atoms with Gasteiger partial charge in [0.25, 0.3) is 0 Å². The average Bonchev–Trinajstić information content (AvgIpc) is 2.43. The summed E-state index contributed by atoms with van der Waals surface area (Å²) in [6.45, 7) is 1.82. The predicted octanol–water partition coefficient (Wildman–Crippen LogP) is 3.36. The molecule has 6 heteroatoms. The number of hydrogen-bond donors (Lipinski definition) is 2. The molecular weight excluding hydrogens is 266 g/mol. The molecule has 0 aliphatic heterocycles. The summed E-state index contributed by atoms with van der Waals surface area (Å²) >= 11 is 0. The summed E-state index contributed by atoms with van der Waals surface area (Å²) in [4.78, 5) is 15.1. The van der Waals surface area contributed by atoms with E-state index < -0.39 is 17.6 Å². The van der Waals surface area contributed by atoms with E-state index in [4.69, 9.17) is 5.11 Å². The van der Waals surface area contributed by atoms with E-state index in [1.807, 2.05) is 6.92 Å². The van der Waals surface area contributed by atoms with E-state index >= 15 is 0 Å². The minimum atomic E-state index is -1.11. The van der Waals surface area contributed by atoms with Crippen LogP contribution in [0.5, 0.6) is 0 Å². The molecule has 0 atom stereocenters. The van der Waals surface area contributed by atoms with Crippen LogP contribution in [0.1, 0.15) is 23.0 Å². The maximum Gasteiger partial charge on any atom is 0.335 e. The van der Waals surface area contributed by atoms with E-state index in [0.29, 0.717) is 12.1 Å². The van der Waals surface area contributed by atoms with Gasteiger partial charge in [-0.25, -0.2) is 18.6 Å². The molecule has 0 fully saturated rings. The molecular formula is C14H12F2N2O2. The van der Waals surface area contributed by atoms with E-state index in [2.05, 4.69) is 10.3 Å². The highest BCUT2D eigenvalue weighted by Gasteiger charge is 2.11. The topological polar surface area (TPSA) is 62.2 Å². The Bertz CT molecular complexity index is 660.